The van der Waals surface area contributed by atoms with Gasteiger partial charge in [-0.15, -0.1) is 0 Å². The highest BCUT2D eigenvalue weighted by molar-refractivity contribution is 5.85. The number of fused-ring (bicyclic) bond motifs is 2. The summed E-state index contributed by atoms with van der Waals surface area (Å²) in [5.74, 6) is 1.01. The van der Waals surface area contributed by atoms with Crippen LogP contribution in [0.25, 0.3) is 11.4 Å². The number of rotatable bonds is 5. The first-order valence-corrected chi connectivity index (χ1v) is 10.4. The number of benzene rings is 1. The van der Waals surface area contributed by atoms with E-state index in [9.17, 15) is 4.79 Å². The monoisotopic (exact) mass is 409 g/mol. The van der Waals surface area contributed by atoms with E-state index in [-0.39, 0.29) is 28.8 Å². The lowest BCUT2D eigenvalue weighted by Gasteiger charge is -2.49. The lowest BCUT2D eigenvalue weighted by Crippen LogP contribution is -2.66. The van der Waals surface area contributed by atoms with Gasteiger partial charge in [0.25, 0.3) is 0 Å². The molecule has 2 aliphatic rings. The Kier molecular flexibility index (Phi) is 4.79. The van der Waals surface area contributed by atoms with Crippen LogP contribution in [0.3, 0.4) is 0 Å². The van der Waals surface area contributed by atoms with Gasteiger partial charge < -0.3 is 25.7 Å². The van der Waals surface area contributed by atoms with Crippen LogP contribution in [-0.4, -0.2) is 34.1 Å². The summed E-state index contributed by atoms with van der Waals surface area (Å²) in [5.41, 5.74) is 9.44. The fourth-order valence-corrected chi connectivity index (χ4v) is 4.95. The molecule has 1 aliphatic heterocycles. The number of nitrogens with zero attached hydrogens (tertiary/aromatic N) is 2. The number of methoxy groups -OCH3 is 1. The zero-order valence-corrected chi connectivity index (χ0v) is 18.3. The van der Waals surface area contributed by atoms with Crippen molar-refractivity contribution >= 4 is 11.6 Å². The van der Waals surface area contributed by atoms with Crippen molar-refractivity contribution in [3.8, 4) is 11.4 Å². The predicted molar refractivity (Wildman–Crippen MR) is 117 cm³/mol. The van der Waals surface area contributed by atoms with Crippen LogP contribution in [0.4, 0.5) is 0 Å². The molecular formula is C23H31N5O2. The second kappa shape index (κ2) is 7.07. The first-order chi connectivity index (χ1) is 14.2. The van der Waals surface area contributed by atoms with Crippen molar-refractivity contribution in [2.45, 2.75) is 52.1 Å². The maximum atomic E-state index is 12.7. The Bertz CT molecular complexity index is 1010. The summed E-state index contributed by atoms with van der Waals surface area (Å²) in [7, 11) is 1.64. The fourth-order valence-electron chi connectivity index (χ4n) is 4.95. The van der Waals surface area contributed by atoms with Gasteiger partial charge in [-0.25, -0.2) is 4.98 Å². The zero-order chi connectivity index (χ0) is 21.7. The maximum absolute atomic E-state index is 12.7. The van der Waals surface area contributed by atoms with E-state index < -0.39 is 0 Å². The van der Waals surface area contributed by atoms with E-state index in [1.807, 2.05) is 35.9 Å². The molecule has 2 bridgehead atoms. The average Bonchev–Trinajstić information content (AvgIpc) is 3.18. The summed E-state index contributed by atoms with van der Waals surface area (Å²) in [6.07, 6.45) is 7.46. The number of imidazole rings is 1. The van der Waals surface area contributed by atoms with Gasteiger partial charge in [-0.1, -0.05) is 19.9 Å². The molecule has 1 aromatic heterocycles. The molecule has 2 aromatic rings. The molecular weight excluding hydrogens is 378 g/mol. The molecule has 7 nitrogen and oxygen atoms in total. The van der Waals surface area contributed by atoms with Crippen LogP contribution in [0.2, 0.25) is 0 Å². The molecule has 2 fully saturated rings. The minimum Gasteiger partial charge on any atom is -0.495 e. The van der Waals surface area contributed by atoms with Crippen molar-refractivity contribution in [1.82, 2.24) is 20.2 Å². The molecule has 160 valence electrons. The Morgan fingerprint density at radius 2 is 2.17 bits per heavy atom. The first kappa shape index (κ1) is 20.3. The molecule has 1 aromatic carbocycles. The minimum atomic E-state index is -0.288. The normalized spacial score (nSPS) is 27.6. The molecule has 2 unspecified atom stereocenters. The fraction of sp³-hybridized carbons (Fsp3) is 0.478. The van der Waals surface area contributed by atoms with Crippen molar-refractivity contribution in [3.63, 3.8) is 0 Å². The molecule has 1 aliphatic carbocycles. The van der Waals surface area contributed by atoms with Gasteiger partial charge in [-0.2, -0.15) is 0 Å². The Morgan fingerprint density at radius 1 is 1.40 bits per heavy atom. The third kappa shape index (κ3) is 3.13. The van der Waals surface area contributed by atoms with E-state index in [0.29, 0.717) is 11.4 Å². The average molecular weight is 410 g/mol. The standard InChI is InChI=1S/C23H31N5O2/c1-14-12-28(13-26-14)18-7-6-15(10-19(18)30-5)17(24)11-25-20-16-8-9-23(4,22(16,2)3)27-21(20)29/h6-7,10-13,16,20,25H,8-9,24H2,1-5H3,(H,27,29)/b17-11-/t16?,20?,23-/m1/s1. The number of amides is 1. The lowest BCUT2D eigenvalue weighted by atomic mass is 9.66. The van der Waals surface area contributed by atoms with Crippen LogP contribution < -0.4 is 21.1 Å². The van der Waals surface area contributed by atoms with Crippen LogP contribution in [0.5, 0.6) is 5.75 Å². The van der Waals surface area contributed by atoms with Gasteiger partial charge in [0.1, 0.15) is 11.8 Å². The molecule has 0 spiro atoms. The molecule has 4 N–H and O–H groups in total. The van der Waals surface area contributed by atoms with Gasteiger partial charge in [0.2, 0.25) is 5.91 Å². The van der Waals surface area contributed by atoms with Crippen molar-refractivity contribution in [1.29, 1.82) is 0 Å². The van der Waals surface area contributed by atoms with Gasteiger partial charge in [0.05, 0.1) is 30.5 Å². The molecule has 1 saturated carbocycles. The highest BCUT2D eigenvalue weighted by Gasteiger charge is 2.59. The molecule has 2 heterocycles. The Morgan fingerprint density at radius 3 is 2.83 bits per heavy atom. The second-order valence-electron chi connectivity index (χ2n) is 9.24. The molecule has 1 amide bonds. The number of aryl methyl sites for hydroxylation is 1. The SMILES string of the molecule is COc1cc(/C(N)=C/NC2C(=O)N[C@]3(C)CCC2C3(C)C)ccc1-n1cnc(C)c1. The van der Waals surface area contributed by atoms with Crippen LogP contribution in [0.15, 0.2) is 36.9 Å². The van der Waals surface area contributed by atoms with Crippen molar-refractivity contribution < 1.29 is 9.53 Å². The Balaban J connectivity index is 1.56. The number of carbonyl (C=O) groups is 1. The van der Waals surface area contributed by atoms with Crippen LogP contribution in [0.1, 0.15) is 44.9 Å². The molecule has 30 heavy (non-hydrogen) atoms. The summed E-state index contributed by atoms with van der Waals surface area (Å²) in [4.78, 5) is 17.0. The summed E-state index contributed by atoms with van der Waals surface area (Å²) in [6.45, 7) is 8.58. The third-order valence-corrected chi connectivity index (χ3v) is 7.31. The van der Waals surface area contributed by atoms with E-state index in [4.69, 9.17) is 10.5 Å². The predicted octanol–water partition coefficient (Wildman–Crippen LogP) is 2.73. The number of hydrogen-bond acceptors (Lipinski definition) is 5. The van der Waals surface area contributed by atoms with E-state index in [0.717, 1.165) is 29.8 Å². The van der Waals surface area contributed by atoms with E-state index in [1.165, 1.54) is 0 Å². The molecule has 1 saturated heterocycles. The number of aromatic nitrogens is 2. The number of ether oxygens (including phenoxy) is 1. The van der Waals surface area contributed by atoms with Crippen LogP contribution in [-0.2, 0) is 4.79 Å². The summed E-state index contributed by atoms with van der Waals surface area (Å²) >= 11 is 0. The quantitative estimate of drug-likeness (QED) is 0.706. The van der Waals surface area contributed by atoms with E-state index >= 15 is 0 Å². The van der Waals surface area contributed by atoms with Crippen LogP contribution in [0, 0.1) is 18.3 Å². The summed E-state index contributed by atoms with van der Waals surface area (Å²) < 4.78 is 7.49. The highest BCUT2D eigenvalue weighted by Crippen LogP contribution is 2.53. The largest absolute Gasteiger partial charge is 0.495 e. The number of carbonyl (C=O) groups excluding carboxylic acids is 1. The van der Waals surface area contributed by atoms with E-state index in [1.54, 1.807) is 19.6 Å². The number of nitrogens with one attached hydrogen (secondary N) is 2. The Hall–Kier alpha value is -2.96. The minimum absolute atomic E-state index is 0.0228. The first-order valence-electron chi connectivity index (χ1n) is 10.4. The summed E-state index contributed by atoms with van der Waals surface area (Å²) in [5, 5.41) is 6.54. The maximum Gasteiger partial charge on any atom is 0.243 e. The number of nitrogens with two attached hydrogens (primary N) is 1. The molecule has 4 rings (SSSR count). The molecule has 0 radical (unpaired) electrons. The van der Waals surface area contributed by atoms with Gasteiger partial charge >= 0.3 is 0 Å². The smallest absolute Gasteiger partial charge is 0.243 e. The van der Waals surface area contributed by atoms with Gasteiger partial charge in [-0.3, -0.25) is 4.79 Å². The van der Waals surface area contributed by atoms with Crippen molar-refractivity contribution in [3.05, 3.63) is 48.2 Å². The number of hydrogen-bond donors (Lipinski definition) is 3. The third-order valence-electron chi connectivity index (χ3n) is 7.31. The zero-order valence-electron chi connectivity index (χ0n) is 18.3. The summed E-state index contributed by atoms with van der Waals surface area (Å²) in [6, 6.07) is 5.51. The van der Waals surface area contributed by atoms with Gasteiger partial charge in [0, 0.05) is 23.5 Å². The number of piperidine rings is 1. The highest BCUT2D eigenvalue weighted by atomic mass is 16.5. The second-order valence-corrected chi connectivity index (χ2v) is 9.24. The molecule has 3 atom stereocenters. The Labute approximate surface area is 177 Å². The van der Waals surface area contributed by atoms with Gasteiger partial charge in [-0.05, 0) is 50.2 Å². The van der Waals surface area contributed by atoms with Gasteiger partial charge in [0.15, 0.2) is 0 Å². The van der Waals surface area contributed by atoms with Crippen molar-refractivity contribution in [2.75, 3.05) is 7.11 Å². The van der Waals surface area contributed by atoms with E-state index in [2.05, 4.69) is 36.4 Å². The van der Waals surface area contributed by atoms with Crippen LogP contribution >= 0.6 is 0 Å². The lowest BCUT2D eigenvalue weighted by molar-refractivity contribution is -0.132. The van der Waals surface area contributed by atoms with Crippen molar-refractivity contribution in [2.24, 2.45) is 17.1 Å². The molecule has 7 heteroatoms. The topological polar surface area (TPSA) is 94.2 Å².